The fourth-order valence-electron chi connectivity index (χ4n) is 1.65. The Labute approximate surface area is 81.9 Å². The summed E-state index contributed by atoms with van der Waals surface area (Å²) in [6, 6.07) is 0. The van der Waals surface area contributed by atoms with Gasteiger partial charge in [-0.2, -0.15) is 0 Å². The second-order valence-electron chi connectivity index (χ2n) is 4.04. The van der Waals surface area contributed by atoms with E-state index in [1.807, 2.05) is 13.8 Å². The summed E-state index contributed by atoms with van der Waals surface area (Å²) in [4.78, 5) is 10.9. The van der Waals surface area contributed by atoms with Gasteiger partial charge in [-0.25, -0.2) is 4.79 Å². The molecule has 1 saturated carbocycles. The second-order valence-corrected chi connectivity index (χ2v) is 4.04. The summed E-state index contributed by atoms with van der Waals surface area (Å²) in [5.74, 6) is -0.380. The summed E-state index contributed by atoms with van der Waals surface area (Å²) in [6.45, 7) is 3.99. The van der Waals surface area contributed by atoms with Gasteiger partial charge >= 0.3 is 5.97 Å². The zero-order valence-electron chi connectivity index (χ0n) is 8.28. The number of carboxylic acid groups (broad SMARTS) is 1. The van der Waals surface area contributed by atoms with Crippen LogP contribution in [0.1, 0.15) is 60.3 Å². The molecule has 0 bridgehead atoms. The molecule has 14 heavy (non-hydrogen) atoms. The molecule has 0 radical (unpaired) electrons. The van der Waals surface area contributed by atoms with E-state index in [4.69, 9.17) is 9.63 Å². The summed E-state index contributed by atoms with van der Waals surface area (Å²) in [5.41, 5.74) is 1.64. The average Bonchev–Trinajstić information content (AvgIpc) is 2.83. The predicted molar refractivity (Wildman–Crippen MR) is 49.5 cm³/mol. The highest BCUT2D eigenvalue weighted by Crippen LogP contribution is 2.44. The van der Waals surface area contributed by atoms with Crippen molar-refractivity contribution < 1.29 is 14.4 Å². The van der Waals surface area contributed by atoms with Crippen LogP contribution in [0.25, 0.3) is 0 Å². The van der Waals surface area contributed by atoms with Gasteiger partial charge in [0.15, 0.2) is 0 Å². The van der Waals surface area contributed by atoms with Crippen LogP contribution in [0.5, 0.6) is 0 Å². The largest absolute Gasteiger partial charge is 0.475 e. The van der Waals surface area contributed by atoms with Crippen LogP contribution < -0.4 is 0 Å². The Kier molecular flexibility index (Phi) is 2.06. The van der Waals surface area contributed by atoms with Crippen LogP contribution in [0, 0.1) is 0 Å². The lowest BCUT2D eigenvalue weighted by Crippen LogP contribution is -2.00. The van der Waals surface area contributed by atoms with Gasteiger partial charge in [-0.05, 0) is 24.7 Å². The van der Waals surface area contributed by atoms with Crippen LogP contribution in [0.2, 0.25) is 0 Å². The van der Waals surface area contributed by atoms with E-state index in [1.54, 1.807) is 0 Å². The minimum Gasteiger partial charge on any atom is -0.475 e. The van der Waals surface area contributed by atoms with Crippen LogP contribution >= 0.6 is 0 Å². The van der Waals surface area contributed by atoms with E-state index in [0.717, 1.165) is 24.1 Å². The van der Waals surface area contributed by atoms with E-state index in [0.29, 0.717) is 5.92 Å². The molecule has 0 amide bonds. The number of carbonyl (C=O) groups is 1. The highest BCUT2D eigenvalue weighted by Gasteiger charge is 2.35. The first-order chi connectivity index (χ1) is 6.61. The van der Waals surface area contributed by atoms with Crippen molar-refractivity contribution >= 4 is 5.97 Å². The summed E-state index contributed by atoms with van der Waals surface area (Å²) in [5, 5.41) is 12.7. The first-order valence-electron chi connectivity index (χ1n) is 4.84. The molecule has 1 aromatic rings. The number of hydrogen-bond donors (Lipinski definition) is 1. The quantitative estimate of drug-likeness (QED) is 0.804. The van der Waals surface area contributed by atoms with E-state index in [2.05, 4.69) is 5.16 Å². The lowest BCUT2D eigenvalue weighted by Gasteiger charge is -2.02. The Morgan fingerprint density at radius 1 is 1.57 bits per heavy atom. The molecule has 0 spiro atoms. The predicted octanol–water partition coefficient (Wildman–Crippen LogP) is 2.37. The summed E-state index contributed by atoms with van der Waals surface area (Å²) < 4.78 is 4.87. The maximum atomic E-state index is 10.9. The van der Waals surface area contributed by atoms with Crippen molar-refractivity contribution in [2.75, 3.05) is 0 Å². The van der Waals surface area contributed by atoms with Crippen LogP contribution in [-0.2, 0) is 0 Å². The first-order valence-corrected chi connectivity index (χ1v) is 4.84. The Balaban J connectivity index is 2.46. The molecular weight excluding hydrogens is 182 g/mol. The fraction of sp³-hybridized carbons (Fsp3) is 0.600. The van der Waals surface area contributed by atoms with Gasteiger partial charge in [0, 0.05) is 5.56 Å². The molecular formula is C10H13NO3. The van der Waals surface area contributed by atoms with E-state index < -0.39 is 5.97 Å². The van der Waals surface area contributed by atoms with E-state index in [9.17, 15) is 4.79 Å². The van der Waals surface area contributed by atoms with E-state index in [1.165, 1.54) is 0 Å². The second kappa shape index (κ2) is 3.12. The summed E-state index contributed by atoms with van der Waals surface area (Å²) in [6.07, 6.45) is 2.11. The molecule has 1 aromatic heterocycles. The molecule has 4 heteroatoms. The minimum atomic E-state index is -1.01. The molecule has 1 aliphatic carbocycles. The topological polar surface area (TPSA) is 63.3 Å². The highest BCUT2D eigenvalue weighted by molar-refractivity contribution is 5.86. The van der Waals surface area contributed by atoms with Crippen molar-refractivity contribution in [1.29, 1.82) is 0 Å². The Hall–Kier alpha value is -1.32. The Morgan fingerprint density at radius 3 is 2.64 bits per heavy atom. The molecule has 2 rings (SSSR count). The maximum Gasteiger partial charge on any atom is 0.375 e. The number of aromatic nitrogens is 1. The number of nitrogens with zero attached hydrogens (tertiary/aromatic N) is 1. The monoisotopic (exact) mass is 195 g/mol. The maximum absolute atomic E-state index is 10.9. The van der Waals surface area contributed by atoms with Crippen molar-refractivity contribution in [1.82, 2.24) is 5.16 Å². The molecule has 1 fully saturated rings. The van der Waals surface area contributed by atoms with E-state index >= 15 is 0 Å². The van der Waals surface area contributed by atoms with E-state index in [-0.39, 0.29) is 11.7 Å². The average molecular weight is 195 g/mol. The molecule has 76 valence electrons. The number of carboxylic acids is 1. The number of hydrogen-bond acceptors (Lipinski definition) is 3. The number of rotatable bonds is 3. The van der Waals surface area contributed by atoms with Crippen LogP contribution in [0.15, 0.2) is 4.52 Å². The van der Waals surface area contributed by atoms with Gasteiger partial charge in [0.1, 0.15) is 0 Å². The smallest absolute Gasteiger partial charge is 0.375 e. The molecule has 1 N–H and O–H groups in total. The van der Waals surface area contributed by atoms with Crippen LogP contribution in [0.3, 0.4) is 0 Å². The third kappa shape index (κ3) is 1.41. The molecule has 0 unspecified atom stereocenters. The summed E-state index contributed by atoms with van der Waals surface area (Å²) >= 11 is 0. The minimum absolute atomic E-state index is 0.0381. The van der Waals surface area contributed by atoms with Gasteiger partial charge in [-0.15, -0.1) is 0 Å². The standard InChI is InChI=1S/C10H13NO3/c1-5(2)8-7(6-3-4-6)9(10(12)13)14-11-8/h5-6H,3-4H2,1-2H3,(H,12,13). The molecule has 0 aromatic carbocycles. The lowest BCUT2D eigenvalue weighted by molar-refractivity contribution is 0.0650. The van der Waals surface area contributed by atoms with Gasteiger partial charge in [-0.3, -0.25) is 0 Å². The van der Waals surface area contributed by atoms with Gasteiger partial charge in [0.05, 0.1) is 5.69 Å². The molecule has 0 aliphatic heterocycles. The SMILES string of the molecule is CC(C)c1noc(C(=O)O)c1C1CC1. The molecule has 1 aliphatic rings. The van der Waals surface area contributed by atoms with Crippen molar-refractivity contribution in [3.8, 4) is 0 Å². The van der Waals surface area contributed by atoms with Crippen LogP contribution in [0.4, 0.5) is 0 Å². The molecule has 1 heterocycles. The third-order valence-electron chi connectivity index (χ3n) is 2.48. The zero-order chi connectivity index (χ0) is 10.3. The number of aromatic carboxylic acids is 1. The van der Waals surface area contributed by atoms with Crippen LogP contribution in [-0.4, -0.2) is 16.2 Å². The third-order valence-corrected chi connectivity index (χ3v) is 2.48. The van der Waals surface area contributed by atoms with Crippen molar-refractivity contribution in [2.45, 2.75) is 38.5 Å². The Morgan fingerprint density at radius 2 is 2.21 bits per heavy atom. The van der Waals surface area contributed by atoms with Gasteiger partial charge in [0.25, 0.3) is 0 Å². The molecule has 0 atom stereocenters. The van der Waals surface area contributed by atoms with Gasteiger partial charge in [0.2, 0.25) is 5.76 Å². The highest BCUT2D eigenvalue weighted by atomic mass is 16.5. The Bertz CT molecular complexity index is 363. The molecule has 4 nitrogen and oxygen atoms in total. The van der Waals surface area contributed by atoms with Crippen molar-refractivity contribution in [2.24, 2.45) is 0 Å². The fourth-order valence-corrected chi connectivity index (χ4v) is 1.65. The molecule has 0 saturated heterocycles. The van der Waals surface area contributed by atoms with Crippen molar-refractivity contribution in [3.63, 3.8) is 0 Å². The summed E-state index contributed by atoms with van der Waals surface area (Å²) in [7, 11) is 0. The van der Waals surface area contributed by atoms with Gasteiger partial charge < -0.3 is 9.63 Å². The lowest BCUT2D eigenvalue weighted by atomic mass is 10.0. The van der Waals surface area contributed by atoms with Gasteiger partial charge in [-0.1, -0.05) is 19.0 Å². The normalized spacial score (nSPS) is 16.2. The first kappa shape index (κ1) is 9.24. The van der Waals surface area contributed by atoms with Crippen molar-refractivity contribution in [3.05, 3.63) is 17.0 Å². The zero-order valence-corrected chi connectivity index (χ0v) is 8.28.